The average Bonchev–Trinajstić information content (AvgIpc) is 2.44. The van der Waals surface area contributed by atoms with Crippen molar-refractivity contribution in [1.29, 1.82) is 0 Å². The van der Waals surface area contributed by atoms with Gasteiger partial charge in [0.1, 0.15) is 5.75 Å². The van der Waals surface area contributed by atoms with Crippen LogP contribution in [-0.2, 0) is 19.8 Å². The topological polar surface area (TPSA) is 70.8 Å². The van der Waals surface area contributed by atoms with E-state index in [1.54, 1.807) is 0 Å². The molecule has 0 amide bonds. The summed E-state index contributed by atoms with van der Waals surface area (Å²) in [4.78, 5) is 0. The average molecular weight is 381 g/mol. The second kappa shape index (κ2) is 7.62. The summed E-state index contributed by atoms with van der Waals surface area (Å²) in [6.45, 7) is -4.01. The number of nitrogen functional groups attached to an aromatic ring is 1. The number of nitrogens with two attached hydrogens (primary N) is 1. The van der Waals surface area contributed by atoms with Crippen molar-refractivity contribution in [2.45, 2.75) is 18.5 Å². The van der Waals surface area contributed by atoms with E-state index >= 15 is 0 Å². The van der Waals surface area contributed by atoms with Gasteiger partial charge in [-0.25, -0.2) is 0 Å². The summed E-state index contributed by atoms with van der Waals surface area (Å²) in [5.41, 5.74) is 5.80. The Kier molecular flexibility index (Phi) is 6.54. The zero-order valence-electron chi connectivity index (χ0n) is 12.3. The number of alkyl halides is 6. The molecule has 2 N–H and O–H groups in total. The quantitative estimate of drug-likeness (QED) is 0.437. The lowest BCUT2D eigenvalue weighted by Gasteiger charge is -2.20. The maximum absolute atomic E-state index is 12.2. The Morgan fingerprint density at radius 3 is 1.96 bits per heavy atom. The van der Waals surface area contributed by atoms with Gasteiger partial charge in [0.05, 0.1) is 19.0 Å². The minimum atomic E-state index is -4.88. The SMILES string of the molecule is COc1cc(CP(=O)(OCC(F)(F)F)OCC(F)(F)F)ccc1N. The molecule has 0 saturated heterocycles. The van der Waals surface area contributed by atoms with Crippen LogP contribution in [0.5, 0.6) is 5.75 Å². The number of hydrogen-bond donors (Lipinski definition) is 1. The molecule has 0 aliphatic carbocycles. The first-order chi connectivity index (χ1) is 10.8. The molecule has 0 spiro atoms. The first kappa shape index (κ1) is 20.6. The van der Waals surface area contributed by atoms with Gasteiger partial charge in [0.25, 0.3) is 0 Å². The van der Waals surface area contributed by atoms with E-state index < -0.39 is 39.3 Å². The number of rotatable bonds is 7. The van der Waals surface area contributed by atoms with Crippen LogP contribution >= 0.6 is 7.60 Å². The third-order valence-electron chi connectivity index (χ3n) is 2.52. The fourth-order valence-electron chi connectivity index (χ4n) is 1.55. The maximum atomic E-state index is 12.2. The molecular weight excluding hydrogens is 367 g/mol. The molecule has 5 nitrogen and oxygen atoms in total. The molecule has 24 heavy (non-hydrogen) atoms. The Bertz CT molecular complexity index is 582. The summed E-state index contributed by atoms with van der Waals surface area (Å²) in [6, 6.07) is 3.78. The van der Waals surface area contributed by atoms with E-state index in [0.29, 0.717) is 0 Å². The van der Waals surface area contributed by atoms with Crippen LogP contribution in [0.15, 0.2) is 18.2 Å². The minimum absolute atomic E-state index is 0.0775. The monoisotopic (exact) mass is 381 g/mol. The fourth-order valence-corrected chi connectivity index (χ4v) is 3.14. The van der Waals surface area contributed by atoms with Gasteiger partial charge in [-0.1, -0.05) is 6.07 Å². The predicted molar refractivity (Wildman–Crippen MR) is 72.7 cm³/mol. The molecule has 0 saturated carbocycles. The molecule has 0 aliphatic heterocycles. The summed E-state index contributed by atoms with van der Waals surface area (Å²) in [5.74, 6) is 0.116. The first-order valence-electron chi connectivity index (χ1n) is 6.27. The summed E-state index contributed by atoms with van der Waals surface area (Å²) in [7, 11) is -3.46. The molecule has 1 aromatic rings. The molecule has 12 heteroatoms. The lowest BCUT2D eigenvalue weighted by molar-refractivity contribution is -0.165. The van der Waals surface area contributed by atoms with E-state index in [0.717, 1.165) is 0 Å². The van der Waals surface area contributed by atoms with Crippen molar-refractivity contribution >= 4 is 13.3 Å². The summed E-state index contributed by atoms with van der Waals surface area (Å²) >= 11 is 0. The van der Waals surface area contributed by atoms with Crippen molar-refractivity contribution in [3.05, 3.63) is 23.8 Å². The number of methoxy groups -OCH3 is 1. The van der Waals surface area contributed by atoms with Gasteiger partial charge in [0.15, 0.2) is 13.2 Å². The van der Waals surface area contributed by atoms with Crippen LogP contribution in [0.25, 0.3) is 0 Å². The van der Waals surface area contributed by atoms with Crippen LogP contribution in [-0.4, -0.2) is 32.7 Å². The summed E-state index contributed by atoms with van der Waals surface area (Å²) in [5, 5.41) is 0. The number of halogens is 6. The molecule has 0 aromatic heterocycles. The summed E-state index contributed by atoms with van der Waals surface area (Å²) in [6.07, 6.45) is -10.6. The molecule has 0 fully saturated rings. The van der Waals surface area contributed by atoms with E-state index in [1.807, 2.05) is 0 Å². The van der Waals surface area contributed by atoms with Gasteiger partial charge in [-0.3, -0.25) is 13.6 Å². The van der Waals surface area contributed by atoms with Gasteiger partial charge in [0, 0.05) is 0 Å². The van der Waals surface area contributed by atoms with Gasteiger partial charge in [0.2, 0.25) is 0 Å². The molecule has 1 rings (SSSR count). The van der Waals surface area contributed by atoms with Crippen LogP contribution in [0.4, 0.5) is 32.0 Å². The smallest absolute Gasteiger partial charge is 0.412 e. The third-order valence-corrected chi connectivity index (χ3v) is 4.32. The van der Waals surface area contributed by atoms with Crippen LogP contribution in [0, 0.1) is 0 Å². The van der Waals surface area contributed by atoms with E-state index in [9.17, 15) is 30.9 Å². The Labute approximate surface area is 133 Å². The van der Waals surface area contributed by atoms with E-state index in [4.69, 9.17) is 10.5 Å². The zero-order valence-corrected chi connectivity index (χ0v) is 13.2. The van der Waals surface area contributed by atoms with Crippen LogP contribution < -0.4 is 10.5 Å². The van der Waals surface area contributed by atoms with Gasteiger partial charge in [-0.15, -0.1) is 0 Å². The normalized spacial score (nSPS) is 13.1. The Hall–Kier alpha value is -1.45. The highest BCUT2D eigenvalue weighted by Crippen LogP contribution is 2.53. The number of benzene rings is 1. The largest absolute Gasteiger partial charge is 0.495 e. The van der Waals surface area contributed by atoms with E-state index in [2.05, 4.69) is 9.05 Å². The maximum Gasteiger partial charge on any atom is 0.412 e. The lowest BCUT2D eigenvalue weighted by Crippen LogP contribution is -2.20. The highest BCUT2D eigenvalue weighted by Gasteiger charge is 2.38. The van der Waals surface area contributed by atoms with Crippen molar-refractivity contribution < 1.29 is 44.7 Å². The molecule has 0 heterocycles. The van der Waals surface area contributed by atoms with Gasteiger partial charge < -0.3 is 10.5 Å². The molecule has 0 bridgehead atoms. The fraction of sp³-hybridized carbons (Fsp3) is 0.500. The molecular formula is C12H14F6NO4P. The Morgan fingerprint density at radius 2 is 1.54 bits per heavy atom. The number of ether oxygens (including phenoxy) is 1. The van der Waals surface area contributed by atoms with Gasteiger partial charge in [-0.05, 0) is 17.7 Å². The first-order valence-corrected chi connectivity index (χ1v) is 8.00. The highest BCUT2D eigenvalue weighted by atomic mass is 31.2. The predicted octanol–water partition coefficient (Wildman–Crippen LogP) is 4.13. The zero-order chi connectivity index (χ0) is 18.6. The molecule has 1 aromatic carbocycles. The summed E-state index contributed by atoms with van der Waals surface area (Å²) < 4.78 is 98.6. The second-order valence-electron chi connectivity index (χ2n) is 4.62. The lowest BCUT2D eigenvalue weighted by atomic mass is 10.2. The van der Waals surface area contributed by atoms with E-state index in [-0.39, 0.29) is 17.0 Å². The minimum Gasteiger partial charge on any atom is -0.495 e. The second-order valence-corrected chi connectivity index (χ2v) is 6.68. The highest BCUT2D eigenvalue weighted by molar-refractivity contribution is 7.53. The third kappa shape index (κ3) is 7.41. The van der Waals surface area contributed by atoms with Gasteiger partial charge in [-0.2, -0.15) is 26.3 Å². The standard InChI is InChI=1S/C12H14F6NO4P/c1-21-10-4-8(2-3-9(10)19)5-24(20,22-6-11(13,14)15)23-7-12(16,17)18/h2-4H,5-7,19H2,1H3. The molecule has 0 radical (unpaired) electrons. The van der Waals surface area contributed by atoms with Crippen molar-refractivity contribution in [3.63, 3.8) is 0 Å². The van der Waals surface area contributed by atoms with Crippen molar-refractivity contribution in [2.24, 2.45) is 0 Å². The molecule has 0 atom stereocenters. The van der Waals surface area contributed by atoms with Crippen molar-refractivity contribution in [3.8, 4) is 5.75 Å². The Morgan fingerprint density at radius 1 is 1.04 bits per heavy atom. The Balaban J connectivity index is 2.97. The molecule has 0 aliphatic rings. The molecule has 138 valence electrons. The van der Waals surface area contributed by atoms with Crippen LogP contribution in [0.3, 0.4) is 0 Å². The van der Waals surface area contributed by atoms with E-state index in [1.165, 1.54) is 25.3 Å². The van der Waals surface area contributed by atoms with Crippen molar-refractivity contribution in [2.75, 3.05) is 26.1 Å². The molecule has 0 unspecified atom stereocenters. The number of hydrogen-bond acceptors (Lipinski definition) is 5. The van der Waals surface area contributed by atoms with Crippen LogP contribution in [0.1, 0.15) is 5.56 Å². The number of anilines is 1. The van der Waals surface area contributed by atoms with Crippen molar-refractivity contribution in [1.82, 2.24) is 0 Å². The van der Waals surface area contributed by atoms with Gasteiger partial charge >= 0.3 is 19.9 Å². The van der Waals surface area contributed by atoms with Crippen LogP contribution in [0.2, 0.25) is 0 Å².